The number of aryl methyl sites for hydroxylation is 1. The Morgan fingerprint density at radius 3 is 2.17 bits per heavy atom. The highest BCUT2D eigenvalue weighted by atomic mass is 16.3. The second kappa shape index (κ2) is 8.98. The normalized spacial score (nSPS) is 13.8. The van der Waals surface area contributed by atoms with Crippen LogP contribution in [0.1, 0.15) is 48.3 Å². The van der Waals surface area contributed by atoms with Crippen molar-refractivity contribution in [2.45, 2.75) is 33.7 Å². The van der Waals surface area contributed by atoms with Crippen LogP contribution in [0.25, 0.3) is 0 Å². The van der Waals surface area contributed by atoms with Crippen LogP contribution in [-0.2, 0) is 0 Å². The molecule has 0 saturated heterocycles. The Bertz CT molecular complexity index is 973. The molecule has 0 spiro atoms. The maximum Gasteiger partial charge on any atom is 0.257 e. The number of benzene rings is 2. The number of aromatic hydroxyl groups is 1. The number of carbonyl (C=O) groups excluding carboxylic acids is 1. The van der Waals surface area contributed by atoms with E-state index in [1.807, 2.05) is 30.3 Å². The molecule has 1 amide bonds. The van der Waals surface area contributed by atoms with Crippen molar-refractivity contribution in [3.05, 3.63) is 59.2 Å². The van der Waals surface area contributed by atoms with Gasteiger partial charge in [0.05, 0.1) is 11.6 Å². The first-order chi connectivity index (χ1) is 13.9. The summed E-state index contributed by atoms with van der Waals surface area (Å²) in [5.74, 6) is -0.513. The lowest BCUT2D eigenvalue weighted by Crippen LogP contribution is -2.33. The van der Waals surface area contributed by atoms with Gasteiger partial charge in [-0.05, 0) is 29.5 Å². The predicted molar refractivity (Wildman–Crippen MR) is 122 cm³/mol. The average molecular weight is 410 g/mol. The van der Waals surface area contributed by atoms with Crippen LogP contribution in [0.2, 0.25) is 0 Å². The van der Waals surface area contributed by atoms with Crippen molar-refractivity contribution in [3.63, 3.8) is 0 Å². The van der Waals surface area contributed by atoms with Crippen molar-refractivity contribution in [1.82, 2.24) is 4.90 Å². The molecule has 2 aromatic rings. The van der Waals surface area contributed by atoms with Gasteiger partial charge in [-0.1, -0.05) is 57.2 Å². The Morgan fingerprint density at radius 1 is 1.03 bits per heavy atom. The van der Waals surface area contributed by atoms with Crippen molar-refractivity contribution in [2.24, 2.45) is 26.9 Å². The van der Waals surface area contributed by atoms with Gasteiger partial charge in [-0.25, -0.2) is 4.99 Å². The third kappa shape index (κ3) is 5.17. The largest absolute Gasteiger partial charge is 0.505 e. The zero-order valence-corrected chi connectivity index (χ0v) is 18.5. The molecule has 1 atom stereocenters. The first kappa shape index (κ1) is 22.9. The lowest BCUT2D eigenvalue weighted by atomic mass is 9.83. The van der Waals surface area contributed by atoms with E-state index in [0.29, 0.717) is 5.56 Å². The minimum absolute atomic E-state index is 0.0254. The molecular weight excluding hydrogens is 378 g/mol. The Labute approximate surface area is 178 Å². The molecule has 160 valence electrons. The molecule has 0 aliphatic rings. The number of nitrogens with two attached hydrogens (primary N) is 2. The fraction of sp³-hybridized carbons (Fsp3) is 0.348. The Morgan fingerprint density at radius 2 is 1.63 bits per heavy atom. The van der Waals surface area contributed by atoms with Crippen molar-refractivity contribution in [3.8, 4) is 5.75 Å². The van der Waals surface area contributed by atoms with Gasteiger partial charge in [-0.2, -0.15) is 0 Å². The molecule has 0 radical (unpaired) electrons. The third-order valence-electron chi connectivity index (χ3n) is 4.69. The minimum Gasteiger partial charge on any atom is -0.505 e. The molecule has 2 aromatic carbocycles. The van der Waals surface area contributed by atoms with E-state index in [9.17, 15) is 9.90 Å². The number of phenolic OH excluding ortho intramolecular Hbond substituents is 1. The summed E-state index contributed by atoms with van der Waals surface area (Å²) in [6.07, 6.45) is 0. The topological polar surface area (TPSA) is 117 Å². The van der Waals surface area contributed by atoms with E-state index in [1.165, 1.54) is 4.90 Å². The molecule has 0 aliphatic heterocycles. The molecule has 5 N–H and O–H groups in total. The molecule has 30 heavy (non-hydrogen) atoms. The van der Waals surface area contributed by atoms with E-state index in [0.717, 1.165) is 5.56 Å². The molecule has 2 rings (SSSR count). The van der Waals surface area contributed by atoms with Gasteiger partial charge >= 0.3 is 0 Å². The predicted octanol–water partition coefficient (Wildman–Crippen LogP) is 3.54. The van der Waals surface area contributed by atoms with Crippen LogP contribution in [0.3, 0.4) is 0 Å². The van der Waals surface area contributed by atoms with Gasteiger partial charge in [0.1, 0.15) is 5.69 Å². The number of amidine groups is 2. The molecular formula is C23H31N5O2. The zero-order chi connectivity index (χ0) is 22.6. The summed E-state index contributed by atoms with van der Waals surface area (Å²) < 4.78 is 0. The summed E-state index contributed by atoms with van der Waals surface area (Å²) in [6, 6.07) is 12.9. The number of amides is 1. The van der Waals surface area contributed by atoms with E-state index in [1.54, 1.807) is 33.2 Å². The highest BCUT2D eigenvalue weighted by Crippen LogP contribution is 2.36. The van der Waals surface area contributed by atoms with Gasteiger partial charge in [0.25, 0.3) is 5.91 Å². The fourth-order valence-electron chi connectivity index (χ4n) is 3.06. The van der Waals surface area contributed by atoms with Crippen LogP contribution in [0.15, 0.2) is 52.4 Å². The Hall–Kier alpha value is -3.35. The fourth-order valence-corrected chi connectivity index (χ4v) is 3.06. The van der Waals surface area contributed by atoms with Crippen LogP contribution in [-0.4, -0.2) is 41.7 Å². The van der Waals surface area contributed by atoms with Crippen molar-refractivity contribution >= 4 is 23.3 Å². The lowest BCUT2D eigenvalue weighted by molar-refractivity contribution is 0.0824. The number of nitrogens with zero attached hydrogens (tertiary/aromatic N) is 3. The Kier molecular flexibility index (Phi) is 6.87. The molecule has 0 unspecified atom stereocenters. The maximum atomic E-state index is 12.4. The van der Waals surface area contributed by atoms with Crippen LogP contribution in [0.5, 0.6) is 5.75 Å². The second-order valence-electron chi connectivity index (χ2n) is 8.52. The summed E-state index contributed by atoms with van der Waals surface area (Å²) in [6.45, 7) is 7.95. The number of hydrogen-bond acceptors (Lipinski definition) is 4. The highest BCUT2D eigenvalue weighted by Gasteiger charge is 2.26. The lowest BCUT2D eigenvalue weighted by Gasteiger charge is -2.28. The molecule has 0 aliphatic carbocycles. The molecule has 0 heterocycles. The zero-order valence-electron chi connectivity index (χ0n) is 18.5. The number of hydrogen-bond donors (Lipinski definition) is 3. The summed E-state index contributed by atoms with van der Waals surface area (Å²) in [4.78, 5) is 22.7. The SMILES string of the molecule is Cc1ccc(N=C(N)C(N)=N[C@@H](c2ccccc2)C(C)(C)C)c(O)c1C(=O)N(C)C. The first-order valence-corrected chi connectivity index (χ1v) is 9.70. The van der Waals surface area contributed by atoms with Gasteiger partial charge in [0.2, 0.25) is 0 Å². The van der Waals surface area contributed by atoms with Crippen molar-refractivity contribution in [2.75, 3.05) is 14.1 Å². The summed E-state index contributed by atoms with van der Waals surface area (Å²) in [7, 11) is 3.23. The average Bonchev–Trinajstić information content (AvgIpc) is 2.67. The first-order valence-electron chi connectivity index (χ1n) is 9.70. The van der Waals surface area contributed by atoms with Gasteiger partial charge in [-0.3, -0.25) is 9.79 Å². The van der Waals surface area contributed by atoms with Crippen LogP contribution in [0.4, 0.5) is 5.69 Å². The van der Waals surface area contributed by atoms with Gasteiger partial charge in [0, 0.05) is 14.1 Å². The maximum absolute atomic E-state index is 12.4. The molecule has 7 heteroatoms. The number of rotatable bonds is 4. The number of aliphatic imine (C=N–C) groups is 2. The third-order valence-corrected chi connectivity index (χ3v) is 4.69. The highest BCUT2D eigenvalue weighted by molar-refractivity contribution is 6.39. The summed E-state index contributed by atoms with van der Waals surface area (Å²) in [5, 5.41) is 10.6. The molecule has 0 bridgehead atoms. The minimum atomic E-state index is -0.320. The molecule has 0 saturated carbocycles. The molecule has 0 aromatic heterocycles. The number of carbonyl (C=O) groups is 1. The van der Waals surface area contributed by atoms with Crippen molar-refractivity contribution < 1.29 is 9.90 Å². The standard InChI is InChI=1S/C23H31N5O2/c1-14-12-13-16(18(29)17(14)22(30)28(5)6)26-20(24)21(25)27-19(23(2,3)4)15-10-8-7-9-11-15/h7-13,19,29H,1-6H3,(H2,24,26)(H2,25,27)/t19-/m0/s1. The van der Waals surface area contributed by atoms with Crippen molar-refractivity contribution in [1.29, 1.82) is 0 Å². The van der Waals surface area contributed by atoms with Gasteiger partial charge in [0.15, 0.2) is 17.4 Å². The van der Waals surface area contributed by atoms with Crippen LogP contribution >= 0.6 is 0 Å². The van der Waals surface area contributed by atoms with Crippen LogP contribution in [0, 0.1) is 12.3 Å². The molecule has 7 nitrogen and oxygen atoms in total. The van der Waals surface area contributed by atoms with E-state index in [2.05, 4.69) is 30.8 Å². The van der Waals surface area contributed by atoms with E-state index in [-0.39, 0.29) is 46.0 Å². The summed E-state index contributed by atoms with van der Waals surface area (Å²) >= 11 is 0. The van der Waals surface area contributed by atoms with E-state index < -0.39 is 0 Å². The number of phenols is 1. The smallest absolute Gasteiger partial charge is 0.257 e. The monoisotopic (exact) mass is 409 g/mol. The van der Waals surface area contributed by atoms with Gasteiger partial charge in [-0.15, -0.1) is 0 Å². The second-order valence-corrected chi connectivity index (χ2v) is 8.52. The van der Waals surface area contributed by atoms with E-state index in [4.69, 9.17) is 11.5 Å². The quantitative estimate of drug-likeness (QED) is 0.529. The molecule has 0 fully saturated rings. The van der Waals surface area contributed by atoms with E-state index >= 15 is 0 Å². The Balaban J connectivity index is 2.47. The summed E-state index contributed by atoms with van der Waals surface area (Å²) in [5.41, 5.74) is 14.1. The van der Waals surface area contributed by atoms with Gasteiger partial charge < -0.3 is 21.5 Å². The van der Waals surface area contributed by atoms with Crippen LogP contribution < -0.4 is 11.5 Å².